The number of halogens is 2. The van der Waals surface area contributed by atoms with Gasteiger partial charge in [-0.2, -0.15) is 0 Å². The van der Waals surface area contributed by atoms with Gasteiger partial charge in [0.1, 0.15) is 6.61 Å². The summed E-state index contributed by atoms with van der Waals surface area (Å²) in [5, 5.41) is 0.597. The normalized spacial score (nSPS) is 17.0. The van der Waals surface area contributed by atoms with E-state index in [0.29, 0.717) is 10.8 Å². The number of carbonyl (C=O) groups excluding carboxylic acids is 2. The second-order valence-corrected chi connectivity index (χ2v) is 6.14. The van der Waals surface area contributed by atoms with Crippen molar-refractivity contribution in [3.05, 3.63) is 66.2 Å². The fraction of sp³-hybridized carbons (Fsp3) is 0.125. The summed E-state index contributed by atoms with van der Waals surface area (Å²) in [5.74, 6) is -0.842. The summed E-state index contributed by atoms with van der Waals surface area (Å²) in [6.07, 6.45) is 0. The maximum absolute atomic E-state index is 12.5. The Morgan fingerprint density at radius 1 is 0.913 bits per heavy atom. The summed E-state index contributed by atoms with van der Waals surface area (Å²) in [4.78, 5) is 31.1. The van der Waals surface area contributed by atoms with Crippen LogP contribution in [0, 0.1) is 0 Å². The first-order valence-corrected chi connectivity index (χ1v) is 7.56. The number of hydroxylamine groups is 2. The van der Waals surface area contributed by atoms with Crippen LogP contribution in [-0.2, 0) is 16.2 Å². The van der Waals surface area contributed by atoms with Crippen LogP contribution in [0.2, 0.25) is 0 Å². The number of hydrogen-bond donors (Lipinski definition) is 0. The number of rotatable bonds is 4. The molecule has 0 saturated carbocycles. The average molecular weight is 351 g/mol. The third-order valence-electron chi connectivity index (χ3n) is 3.31. The molecule has 23 heavy (non-hydrogen) atoms. The Morgan fingerprint density at radius 2 is 1.48 bits per heavy atom. The zero-order valence-corrected chi connectivity index (χ0v) is 13.4. The van der Waals surface area contributed by atoms with Gasteiger partial charge in [-0.3, -0.25) is 14.5 Å². The lowest BCUT2D eigenvalue weighted by atomic mass is 10.2. The van der Waals surface area contributed by atoms with E-state index in [-0.39, 0.29) is 6.61 Å². The number of nitrogens with zero attached hydrogens (tertiary/aromatic N) is 2. The molecule has 118 valence electrons. The van der Waals surface area contributed by atoms with Gasteiger partial charge < -0.3 is 0 Å². The van der Waals surface area contributed by atoms with Gasteiger partial charge in [-0.25, -0.2) is 4.79 Å². The molecule has 0 N–H and O–H groups in total. The molecule has 2 aromatic carbocycles. The van der Waals surface area contributed by atoms with Crippen LogP contribution in [-0.4, -0.2) is 21.5 Å². The van der Waals surface area contributed by atoms with Crippen molar-refractivity contribution in [2.24, 2.45) is 0 Å². The lowest BCUT2D eigenvalue weighted by molar-refractivity contribution is -0.166. The highest BCUT2D eigenvalue weighted by molar-refractivity contribution is 6.62. The van der Waals surface area contributed by atoms with E-state index in [1.165, 1.54) is 0 Å². The van der Waals surface area contributed by atoms with E-state index in [4.69, 9.17) is 28.0 Å². The van der Waals surface area contributed by atoms with E-state index in [0.717, 1.165) is 10.5 Å². The van der Waals surface area contributed by atoms with Crippen LogP contribution in [0.3, 0.4) is 0 Å². The van der Waals surface area contributed by atoms with Crippen molar-refractivity contribution in [2.45, 2.75) is 11.1 Å². The Bertz CT molecular complexity index is 723. The Labute approximate surface area is 142 Å². The van der Waals surface area contributed by atoms with E-state index >= 15 is 0 Å². The monoisotopic (exact) mass is 350 g/mol. The van der Waals surface area contributed by atoms with Gasteiger partial charge in [0.05, 0.1) is 0 Å². The number of imide groups is 1. The molecule has 0 bridgehead atoms. The molecule has 5 nitrogen and oxygen atoms in total. The van der Waals surface area contributed by atoms with Crippen molar-refractivity contribution in [1.82, 2.24) is 5.06 Å². The van der Waals surface area contributed by atoms with Crippen molar-refractivity contribution < 1.29 is 14.4 Å². The van der Waals surface area contributed by atoms with Gasteiger partial charge in [-0.1, -0.05) is 71.7 Å². The predicted octanol–water partition coefficient (Wildman–Crippen LogP) is 3.72. The van der Waals surface area contributed by atoms with Crippen LogP contribution in [0.5, 0.6) is 0 Å². The minimum absolute atomic E-state index is 0.0464. The number of urea groups is 1. The maximum Gasteiger partial charge on any atom is 0.358 e. The van der Waals surface area contributed by atoms with E-state index < -0.39 is 16.4 Å². The number of carbonyl (C=O) groups is 2. The minimum Gasteiger partial charge on any atom is -0.266 e. The molecule has 3 rings (SSSR count). The van der Waals surface area contributed by atoms with Crippen LogP contribution in [0.25, 0.3) is 0 Å². The van der Waals surface area contributed by atoms with E-state index in [2.05, 4.69) is 0 Å². The molecule has 0 unspecified atom stereocenters. The van der Waals surface area contributed by atoms with Crippen LogP contribution >= 0.6 is 23.2 Å². The number of anilines is 1. The van der Waals surface area contributed by atoms with Crippen molar-refractivity contribution in [3.63, 3.8) is 0 Å². The molecule has 0 aliphatic carbocycles. The molecule has 3 amide bonds. The van der Waals surface area contributed by atoms with E-state index in [9.17, 15) is 9.59 Å². The molecule has 0 spiro atoms. The molecule has 0 atom stereocenters. The molecule has 2 aromatic rings. The second kappa shape index (κ2) is 6.20. The summed E-state index contributed by atoms with van der Waals surface area (Å²) < 4.78 is -2.05. The molecule has 0 aromatic heterocycles. The molecule has 1 heterocycles. The van der Waals surface area contributed by atoms with Crippen LogP contribution < -0.4 is 4.90 Å². The molecule has 1 aliphatic heterocycles. The highest BCUT2D eigenvalue weighted by Gasteiger charge is 2.57. The van der Waals surface area contributed by atoms with Gasteiger partial charge in [-0.15, -0.1) is 5.06 Å². The van der Waals surface area contributed by atoms with E-state index in [1.807, 2.05) is 30.3 Å². The molecular formula is C16H12Cl2N2O3. The van der Waals surface area contributed by atoms with Crippen LogP contribution in [0.15, 0.2) is 60.7 Å². The summed E-state index contributed by atoms with van der Waals surface area (Å²) >= 11 is 12.2. The molecular weight excluding hydrogens is 339 g/mol. The van der Waals surface area contributed by atoms with Crippen molar-refractivity contribution in [2.75, 3.05) is 4.90 Å². The van der Waals surface area contributed by atoms with Gasteiger partial charge in [0.25, 0.3) is 4.46 Å². The first-order chi connectivity index (χ1) is 11.0. The number of para-hydroxylation sites is 1. The first-order valence-electron chi connectivity index (χ1n) is 6.80. The molecule has 0 radical (unpaired) electrons. The number of hydrogen-bond acceptors (Lipinski definition) is 3. The maximum atomic E-state index is 12.5. The Hall–Kier alpha value is -2.08. The van der Waals surface area contributed by atoms with Gasteiger partial charge in [0.15, 0.2) is 0 Å². The lowest BCUT2D eigenvalue weighted by Crippen LogP contribution is -2.39. The molecule has 1 fully saturated rings. The van der Waals surface area contributed by atoms with Gasteiger partial charge in [0, 0.05) is 5.69 Å². The fourth-order valence-corrected chi connectivity index (χ4v) is 2.69. The van der Waals surface area contributed by atoms with Gasteiger partial charge in [0.2, 0.25) is 0 Å². The molecule has 1 saturated heterocycles. The predicted molar refractivity (Wildman–Crippen MR) is 86.8 cm³/mol. The number of benzene rings is 2. The van der Waals surface area contributed by atoms with E-state index in [1.54, 1.807) is 30.3 Å². The number of amides is 3. The minimum atomic E-state index is -2.05. The SMILES string of the molecule is O=C1N(OCc2ccccc2)C(=O)C(Cl)(Cl)N1c1ccccc1. The quantitative estimate of drug-likeness (QED) is 0.479. The van der Waals surface area contributed by atoms with Crippen molar-refractivity contribution in [3.8, 4) is 0 Å². The van der Waals surface area contributed by atoms with Crippen molar-refractivity contribution in [1.29, 1.82) is 0 Å². The highest BCUT2D eigenvalue weighted by atomic mass is 35.5. The molecule has 1 aliphatic rings. The topological polar surface area (TPSA) is 49.9 Å². The largest absolute Gasteiger partial charge is 0.358 e. The number of alkyl halides is 2. The summed E-state index contributed by atoms with van der Waals surface area (Å²) in [6.45, 7) is 0.0464. The summed E-state index contributed by atoms with van der Waals surface area (Å²) in [5.41, 5.74) is 1.21. The third kappa shape index (κ3) is 2.91. The van der Waals surface area contributed by atoms with Crippen molar-refractivity contribution >= 4 is 40.8 Å². The standard InChI is InChI=1S/C16H12Cl2N2O3/c17-16(18)14(21)20(23-11-12-7-3-1-4-8-12)15(22)19(16)13-9-5-2-6-10-13/h1-10H,11H2. The van der Waals surface area contributed by atoms with Gasteiger partial charge >= 0.3 is 11.9 Å². The zero-order valence-electron chi connectivity index (χ0n) is 11.9. The van der Waals surface area contributed by atoms with Crippen LogP contribution in [0.4, 0.5) is 10.5 Å². The first kappa shape index (κ1) is 15.8. The zero-order chi connectivity index (χ0) is 16.4. The lowest BCUT2D eigenvalue weighted by Gasteiger charge is -2.22. The molecule has 7 heteroatoms. The second-order valence-electron chi connectivity index (χ2n) is 4.85. The highest BCUT2D eigenvalue weighted by Crippen LogP contribution is 2.39. The fourth-order valence-electron chi connectivity index (χ4n) is 2.19. The summed E-state index contributed by atoms with van der Waals surface area (Å²) in [6, 6.07) is 16.9. The summed E-state index contributed by atoms with van der Waals surface area (Å²) in [7, 11) is 0. The Morgan fingerprint density at radius 3 is 2.09 bits per heavy atom. The van der Waals surface area contributed by atoms with Crippen LogP contribution in [0.1, 0.15) is 5.56 Å². The average Bonchev–Trinajstić information content (AvgIpc) is 2.73. The third-order valence-corrected chi connectivity index (χ3v) is 3.97. The Kier molecular flexibility index (Phi) is 4.26. The smallest absolute Gasteiger partial charge is 0.266 e. The Balaban J connectivity index is 1.83. The van der Waals surface area contributed by atoms with Gasteiger partial charge in [-0.05, 0) is 17.7 Å².